The molecule has 0 spiro atoms. The Morgan fingerprint density at radius 3 is 2.70 bits per heavy atom. The molecule has 0 aliphatic rings. The molecule has 0 bridgehead atoms. The van der Waals surface area contributed by atoms with E-state index in [1.807, 2.05) is 41.9 Å². The molecular formula is C20H17N3O3S. The summed E-state index contributed by atoms with van der Waals surface area (Å²) in [6, 6.07) is 14.7. The molecule has 2 aromatic heterocycles. The molecule has 136 valence electrons. The number of fused-ring (bicyclic) bond motifs is 1. The van der Waals surface area contributed by atoms with Gasteiger partial charge in [0.1, 0.15) is 11.3 Å². The van der Waals surface area contributed by atoms with Gasteiger partial charge in [-0.15, -0.1) is 10.2 Å². The summed E-state index contributed by atoms with van der Waals surface area (Å²) in [4.78, 5) is 11.9. The second-order valence-corrected chi connectivity index (χ2v) is 7.14. The van der Waals surface area contributed by atoms with Crippen molar-refractivity contribution in [2.24, 2.45) is 7.05 Å². The Labute approximate surface area is 159 Å². The summed E-state index contributed by atoms with van der Waals surface area (Å²) >= 11 is 1.50. The van der Waals surface area contributed by atoms with E-state index in [0.717, 1.165) is 27.5 Å². The third kappa shape index (κ3) is 3.21. The Kier molecular flexibility index (Phi) is 4.45. The molecule has 4 aromatic rings. The second kappa shape index (κ2) is 6.92. The minimum absolute atomic E-state index is 0.108. The number of hydrogen-bond acceptors (Lipinski definition) is 6. The molecule has 4 rings (SSSR count). The van der Waals surface area contributed by atoms with E-state index in [4.69, 9.17) is 4.42 Å². The first kappa shape index (κ1) is 17.4. The van der Waals surface area contributed by atoms with E-state index in [1.54, 1.807) is 19.1 Å². The van der Waals surface area contributed by atoms with Crippen molar-refractivity contribution >= 4 is 22.7 Å². The van der Waals surface area contributed by atoms with Gasteiger partial charge in [0, 0.05) is 35.4 Å². The van der Waals surface area contributed by atoms with Crippen molar-refractivity contribution in [3.05, 3.63) is 70.1 Å². The number of phenolic OH excluding ortho intramolecular Hbond substituents is 1. The van der Waals surface area contributed by atoms with Crippen LogP contribution in [0.25, 0.3) is 22.4 Å². The highest BCUT2D eigenvalue weighted by atomic mass is 32.2. The molecule has 2 heterocycles. The highest BCUT2D eigenvalue weighted by Crippen LogP contribution is 2.31. The normalized spacial score (nSPS) is 11.2. The monoisotopic (exact) mass is 379 g/mol. The van der Waals surface area contributed by atoms with Crippen molar-refractivity contribution in [1.29, 1.82) is 0 Å². The fourth-order valence-corrected chi connectivity index (χ4v) is 3.86. The van der Waals surface area contributed by atoms with Crippen molar-refractivity contribution in [2.75, 3.05) is 0 Å². The molecule has 2 aromatic carbocycles. The van der Waals surface area contributed by atoms with Gasteiger partial charge in [-0.1, -0.05) is 42.1 Å². The summed E-state index contributed by atoms with van der Waals surface area (Å²) in [5.74, 6) is 1.43. The fourth-order valence-electron chi connectivity index (χ4n) is 2.96. The van der Waals surface area contributed by atoms with Gasteiger partial charge in [0.05, 0.1) is 0 Å². The van der Waals surface area contributed by atoms with E-state index in [1.165, 1.54) is 17.8 Å². The maximum atomic E-state index is 11.9. The van der Waals surface area contributed by atoms with Gasteiger partial charge in [-0.05, 0) is 24.6 Å². The van der Waals surface area contributed by atoms with Crippen LogP contribution in [0.1, 0.15) is 11.1 Å². The average Bonchev–Trinajstić information content (AvgIpc) is 3.04. The molecule has 0 saturated heterocycles. The van der Waals surface area contributed by atoms with E-state index in [9.17, 15) is 9.90 Å². The molecule has 0 unspecified atom stereocenters. The molecule has 0 fully saturated rings. The van der Waals surface area contributed by atoms with Crippen LogP contribution >= 0.6 is 11.8 Å². The topological polar surface area (TPSA) is 81.2 Å². The lowest BCUT2D eigenvalue weighted by Crippen LogP contribution is -2.01. The zero-order chi connectivity index (χ0) is 19.0. The molecular weight excluding hydrogens is 362 g/mol. The number of benzene rings is 2. The Morgan fingerprint density at radius 1 is 1.15 bits per heavy atom. The van der Waals surface area contributed by atoms with Crippen LogP contribution in [0.3, 0.4) is 0 Å². The molecule has 0 radical (unpaired) electrons. The van der Waals surface area contributed by atoms with Crippen LogP contribution in [-0.4, -0.2) is 19.9 Å². The number of aryl methyl sites for hydroxylation is 1. The average molecular weight is 379 g/mol. The van der Waals surface area contributed by atoms with Crippen LogP contribution in [0.15, 0.2) is 62.9 Å². The van der Waals surface area contributed by atoms with Gasteiger partial charge in [0.15, 0.2) is 11.0 Å². The third-order valence-corrected chi connectivity index (χ3v) is 5.51. The lowest BCUT2D eigenvalue weighted by atomic mass is 10.1. The lowest BCUT2D eigenvalue weighted by molar-refractivity contribution is 0.468. The Bertz CT molecular complexity index is 1180. The van der Waals surface area contributed by atoms with E-state index < -0.39 is 5.63 Å². The van der Waals surface area contributed by atoms with Crippen LogP contribution in [0, 0.1) is 6.92 Å². The summed E-state index contributed by atoms with van der Waals surface area (Å²) in [6.45, 7) is 1.73. The number of aromatic hydroxyl groups is 1. The summed E-state index contributed by atoms with van der Waals surface area (Å²) in [5.41, 5.74) is 2.37. The number of rotatable bonds is 4. The van der Waals surface area contributed by atoms with Crippen molar-refractivity contribution in [3.8, 4) is 17.1 Å². The quantitative estimate of drug-likeness (QED) is 0.428. The first-order valence-electron chi connectivity index (χ1n) is 8.37. The van der Waals surface area contributed by atoms with Gasteiger partial charge >= 0.3 is 5.63 Å². The van der Waals surface area contributed by atoms with Crippen molar-refractivity contribution in [1.82, 2.24) is 14.8 Å². The Hall–Kier alpha value is -3.06. The molecule has 7 heteroatoms. The summed E-state index contributed by atoms with van der Waals surface area (Å²) in [7, 11) is 1.92. The van der Waals surface area contributed by atoms with Crippen molar-refractivity contribution in [2.45, 2.75) is 17.8 Å². The van der Waals surface area contributed by atoms with E-state index in [2.05, 4.69) is 10.2 Å². The van der Waals surface area contributed by atoms with Crippen LogP contribution in [-0.2, 0) is 12.8 Å². The van der Waals surface area contributed by atoms with Crippen LogP contribution in [0.4, 0.5) is 0 Å². The van der Waals surface area contributed by atoms with Gasteiger partial charge in [0.25, 0.3) is 0 Å². The predicted molar refractivity (Wildman–Crippen MR) is 105 cm³/mol. The molecule has 0 aliphatic carbocycles. The Balaban J connectivity index is 1.66. The summed E-state index contributed by atoms with van der Waals surface area (Å²) in [6.07, 6.45) is 0. The van der Waals surface area contributed by atoms with Gasteiger partial charge in [-0.25, -0.2) is 4.79 Å². The standard InChI is InChI=1S/C20H17N3O3S/c1-12-16(24)9-8-15-14(10-17(25)26-18(12)15)11-27-20-22-21-19(23(20)2)13-6-4-3-5-7-13/h3-10,24H,11H2,1-2H3. The minimum atomic E-state index is -0.435. The van der Waals surface area contributed by atoms with Crippen molar-refractivity contribution < 1.29 is 9.52 Å². The first-order valence-corrected chi connectivity index (χ1v) is 9.36. The van der Waals surface area contributed by atoms with Crippen LogP contribution in [0.5, 0.6) is 5.75 Å². The molecule has 0 amide bonds. The molecule has 0 atom stereocenters. The van der Waals surface area contributed by atoms with Crippen LogP contribution < -0.4 is 5.63 Å². The minimum Gasteiger partial charge on any atom is -0.508 e. The number of nitrogens with zero attached hydrogens (tertiary/aromatic N) is 3. The number of phenols is 1. The maximum absolute atomic E-state index is 11.9. The highest BCUT2D eigenvalue weighted by Gasteiger charge is 2.14. The Morgan fingerprint density at radius 2 is 1.93 bits per heavy atom. The second-order valence-electron chi connectivity index (χ2n) is 6.20. The molecule has 6 nitrogen and oxygen atoms in total. The highest BCUT2D eigenvalue weighted by molar-refractivity contribution is 7.98. The number of thioether (sulfide) groups is 1. The molecule has 0 aliphatic heterocycles. The number of hydrogen-bond donors (Lipinski definition) is 1. The maximum Gasteiger partial charge on any atom is 0.336 e. The van der Waals surface area contributed by atoms with Gasteiger partial charge < -0.3 is 14.1 Å². The SMILES string of the molecule is Cc1c(O)ccc2c(CSc3nnc(-c4ccccc4)n3C)cc(=O)oc12. The zero-order valence-electron chi connectivity index (χ0n) is 14.8. The largest absolute Gasteiger partial charge is 0.508 e. The number of aromatic nitrogens is 3. The van der Waals surface area contributed by atoms with E-state index in [0.29, 0.717) is 16.9 Å². The van der Waals surface area contributed by atoms with E-state index >= 15 is 0 Å². The van der Waals surface area contributed by atoms with Gasteiger partial charge in [-0.2, -0.15) is 0 Å². The third-order valence-electron chi connectivity index (χ3n) is 4.44. The lowest BCUT2D eigenvalue weighted by Gasteiger charge is -2.08. The fraction of sp³-hybridized carbons (Fsp3) is 0.150. The predicted octanol–water partition coefficient (Wildman–Crippen LogP) is 3.89. The summed E-state index contributed by atoms with van der Waals surface area (Å²) < 4.78 is 7.23. The first-order chi connectivity index (χ1) is 13.0. The van der Waals surface area contributed by atoms with Crippen molar-refractivity contribution in [3.63, 3.8) is 0 Å². The summed E-state index contributed by atoms with van der Waals surface area (Å²) in [5, 5.41) is 20.0. The van der Waals surface area contributed by atoms with Gasteiger partial charge in [-0.3, -0.25) is 0 Å². The van der Waals surface area contributed by atoms with Crippen LogP contribution in [0.2, 0.25) is 0 Å². The molecule has 0 saturated carbocycles. The molecule has 1 N–H and O–H groups in total. The van der Waals surface area contributed by atoms with E-state index in [-0.39, 0.29) is 5.75 Å². The zero-order valence-corrected chi connectivity index (χ0v) is 15.7. The van der Waals surface area contributed by atoms with Gasteiger partial charge in [0.2, 0.25) is 0 Å². The molecule has 27 heavy (non-hydrogen) atoms. The smallest absolute Gasteiger partial charge is 0.336 e.